The van der Waals surface area contributed by atoms with Crippen LogP contribution < -0.4 is 5.73 Å². The van der Waals surface area contributed by atoms with Crippen LogP contribution in [0.15, 0.2) is 41.5 Å². The van der Waals surface area contributed by atoms with Crippen molar-refractivity contribution in [3.05, 3.63) is 53.6 Å². The Morgan fingerprint density at radius 2 is 2.20 bits per heavy atom. The number of benzene rings is 1. The van der Waals surface area contributed by atoms with E-state index in [1.54, 1.807) is 12.3 Å². The molecule has 2 aliphatic heterocycles. The van der Waals surface area contributed by atoms with E-state index in [4.69, 9.17) is 10.5 Å². The molecule has 2 N–H and O–H groups in total. The molecule has 2 aliphatic rings. The molecule has 1 aromatic carbocycles. The normalized spacial score (nSPS) is 28.5. The quantitative estimate of drug-likeness (QED) is 0.894. The number of hydrogen-bond acceptors (Lipinski definition) is 5. The molecular weight excluding hydrogens is 337 g/mol. The number of aromatic nitrogens is 1. The number of amidine groups is 1. The summed E-state index contributed by atoms with van der Waals surface area (Å²) in [4.78, 5) is 8.71. The van der Waals surface area contributed by atoms with Gasteiger partial charge in [0.1, 0.15) is 5.82 Å². The largest absolute Gasteiger partial charge is 0.379 e. The second kappa shape index (κ2) is 6.11. The van der Waals surface area contributed by atoms with Crippen LogP contribution >= 0.6 is 11.8 Å². The zero-order chi connectivity index (χ0) is 17.6. The smallest absolute Gasteiger partial charge is 0.154 e. The molecule has 0 spiro atoms. The molecule has 130 valence electrons. The Morgan fingerprint density at radius 3 is 3.00 bits per heavy atom. The van der Waals surface area contributed by atoms with E-state index in [1.807, 2.05) is 32.0 Å². The maximum Gasteiger partial charge on any atom is 0.154 e. The Morgan fingerprint density at radius 1 is 1.36 bits per heavy atom. The number of nitrogens with two attached hydrogens (primary N) is 1. The van der Waals surface area contributed by atoms with Crippen LogP contribution in [0.2, 0.25) is 0 Å². The van der Waals surface area contributed by atoms with E-state index in [-0.39, 0.29) is 17.8 Å². The van der Waals surface area contributed by atoms with Crippen molar-refractivity contribution >= 4 is 16.9 Å². The number of thioether (sulfide) groups is 1. The maximum absolute atomic E-state index is 14.9. The second-order valence-electron chi connectivity index (χ2n) is 6.62. The first-order chi connectivity index (χ1) is 12.0. The third-order valence-electron chi connectivity index (χ3n) is 5.20. The second-order valence-corrected chi connectivity index (χ2v) is 7.97. The van der Waals surface area contributed by atoms with Crippen molar-refractivity contribution < 1.29 is 9.13 Å². The predicted octanol–water partition coefficient (Wildman–Crippen LogP) is 3.49. The summed E-state index contributed by atoms with van der Waals surface area (Å²) >= 11 is 1.43. The van der Waals surface area contributed by atoms with Gasteiger partial charge in [0.15, 0.2) is 5.17 Å². The fourth-order valence-electron chi connectivity index (χ4n) is 3.80. The van der Waals surface area contributed by atoms with Gasteiger partial charge in [-0.3, -0.25) is 9.98 Å². The molecule has 0 radical (unpaired) electrons. The summed E-state index contributed by atoms with van der Waals surface area (Å²) in [7, 11) is 0. The molecule has 4 nitrogen and oxygen atoms in total. The van der Waals surface area contributed by atoms with Gasteiger partial charge in [-0.25, -0.2) is 4.39 Å². The lowest BCUT2D eigenvalue weighted by molar-refractivity contribution is 0.107. The molecule has 3 atom stereocenters. The van der Waals surface area contributed by atoms with Crippen LogP contribution in [0.3, 0.4) is 0 Å². The van der Waals surface area contributed by atoms with Crippen LogP contribution in [0.25, 0.3) is 11.1 Å². The molecule has 0 saturated carbocycles. The number of pyridine rings is 1. The molecule has 25 heavy (non-hydrogen) atoms. The van der Waals surface area contributed by atoms with Gasteiger partial charge in [0.2, 0.25) is 0 Å². The molecule has 1 aromatic heterocycles. The standard InChI is InChI=1S/C19H20FN3OS/c1-11-14(4-3-7-22-11)13-5-6-17(20)15(8-13)19-10-24-12(2)16(19)9-23-18(21)25-19/h3-8,12,16H,9-10H2,1-2H3,(H2,21,23)/t12-,16+,19-/m1/s1. The number of aliphatic imine (C=N–C) groups is 1. The Hall–Kier alpha value is -1.92. The van der Waals surface area contributed by atoms with Gasteiger partial charge in [0, 0.05) is 35.5 Å². The molecule has 6 heteroatoms. The number of rotatable bonds is 2. The Balaban J connectivity index is 1.86. The van der Waals surface area contributed by atoms with Crippen molar-refractivity contribution in [2.75, 3.05) is 13.2 Å². The highest BCUT2D eigenvalue weighted by atomic mass is 32.2. The highest BCUT2D eigenvalue weighted by Crippen LogP contribution is 2.53. The van der Waals surface area contributed by atoms with Gasteiger partial charge in [-0.15, -0.1) is 0 Å². The van der Waals surface area contributed by atoms with Crippen molar-refractivity contribution in [1.82, 2.24) is 4.98 Å². The van der Waals surface area contributed by atoms with E-state index >= 15 is 0 Å². The minimum absolute atomic E-state index is 0.0209. The molecule has 0 aliphatic carbocycles. The molecule has 2 aromatic rings. The average Bonchev–Trinajstić information content (AvgIpc) is 2.93. The van der Waals surface area contributed by atoms with Gasteiger partial charge in [0.25, 0.3) is 0 Å². The van der Waals surface area contributed by atoms with Gasteiger partial charge >= 0.3 is 0 Å². The summed E-state index contributed by atoms with van der Waals surface area (Å²) in [6.45, 7) is 4.99. The van der Waals surface area contributed by atoms with Crippen LogP contribution in [0.5, 0.6) is 0 Å². The van der Waals surface area contributed by atoms with E-state index in [1.165, 1.54) is 17.8 Å². The summed E-state index contributed by atoms with van der Waals surface area (Å²) < 4.78 is 20.3. The number of hydrogen-bond donors (Lipinski definition) is 1. The van der Waals surface area contributed by atoms with E-state index < -0.39 is 4.75 Å². The van der Waals surface area contributed by atoms with Crippen molar-refractivity contribution in [1.29, 1.82) is 0 Å². The van der Waals surface area contributed by atoms with Crippen LogP contribution in [-0.4, -0.2) is 29.4 Å². The Labute approximate surface area is 150 Å². The maximum atomic E-state index is 14.9. The average molecular weight is 357 g/mol. The topological polar surface area (TPSA) is 60.5 Å². The zero-order valence-electron chi connectivity index (χ0n) is 14.2. The van der Waals surface area contributed by atoms with Crippen LogP contribution in [0, 0.1) is 18.7 Å². The summed E-state index contributed by atoms with van der Waals surface area (Å²) in [5, 5.41) is 0.497. The summed E-state index contributed by atoms with van der Waals surface area (Å²) in [5.74, 6) is -0.125. The van der Waals surface area contributed by atoms with Crippen LogP contribution in [0.4, 0.5) is 4.39 Å². The fourth-order valence-corrected chi connectivity index (χ4v) is 5.13. The monoisotopic (exact) mass is 357 g/mol. The molecule has 1 fully saturated rings. The molecule has 4 rings (SSSR count). The van der Waals surface area contributed by atoms with E-state index in [9.17, 15) is 4.39 Å². The summed E-state index contributed by atoms with van der Waals surface area (Å²) in [5.41, 5.74) is 9.53. The Kier molecular flexibility index (Phi) is 4.04. The Bertz CT molecular complexity index is 856. The highest BCUT2D eigenvalue weighted by Gasteiger charge is 2.53. The lowest BCUT2D eigenvalue weighted by atomic mass is 9.83. The lowest BCUT2D eigenvalue weighted by Gasteiger charge is -2.37. The zero-order valence-corrected chi connectivity index (χ0v) is 15.0. The van der Waals surface area contributed by atoms with Crippen molar-refractivity contribution in [3.63, 3.8) is 0 Å². The van der Waals surface area contributed by atoms with Crippen LogP contribution in [-0.2, 0) is 9.48 Å². The van der Waals surface area contributed by atoms with Gasteiger partial charge in [-0.2, -0.15) is 0 Å². The van der Waals surface area contributed by atoms with Gasteiger partial charge < -0.3 is 10.5 Å². The fraction of sp³-hybridized carbons (Fsp3) is 0.368. The predicted molar refractivity (Wildman–Crippen MR) is 99.0 cm³/mol. The first-order valence-corrected chi connectivity index (χ1v) is 9.15. The number of nitrogens with zero attached hydrogens (tertiary/aromatic N) is 2. The van der Waals surface area contributed by atoms with Gasteiger partial charge in [0.05, 0.1) is 17.5 Å². The first kappa shape index (κ1) is 16.5. The van der Waals surface area contributed by atoms with Gasteiger partial charge in [-0.1, -0.05) is 23.9 Å². The van der Waals surface area contributed by atoms with E-state index in [0.29, 0.717) is 23.9 Å². The van der Waals surface area contributed by atoms with Gasteiger partial charge in [-0.05, 0) is 37.6 Å². The summed E-state index contributed by atoms with van der Waals surface area (Å²) in [6, 6.07) is 9.17. The first-order valence-electron chi connectivity index (χ1n) is 8.34. The highest BCUT2D eigenvalue weighted by molar-refractivity contribution is 8.14. The van der Waals surface area contributed by atoms with Crippen molar-refractivity contribution in [2.45, 2.75) is 24.7 Å². The molecule has 3 heterocycles. The minimum atomic E-state index is -0.526. The molecular formula is C19H20FN3OS. The lowest BCUT2D eigenvalue weighted by Crippen LogP contribution is -2.41. The molecule has 1 saturated heterocycles. The number of halogens is 1. The van der Waals surface area contributed by atoms with Crippen molar-refractivity contribution in [3.8, 4) is 11.1 Å². The number of aryl methyl sites for hydroxylation is 1. The van der Waals surface area contributed by atoms with E-state index in [2.05, 4.69) is 9.98 Å². The molecule has 0 amide bonds. The van der Waals surface area contributed by atoms with Crippen LogP contribution in [0.1, 0.15) is 18.2 Å². The molecule has 0 unspecified atom stereocenters. The third kappa shape index (κ3) is 2.64. The minimum Gasteiger partial charge on any atom is -0.379 e. The third-order valence-corrected chi connectivity index (χ3v) is 6.54. The number of fused-ring (bicyclic) bond motifs is 1. The van der Waals surface area contributed by atoms with Crippen molar-refractivity contribution in [2.24, 2.45) is 16.6 Å². The number of ether oxygens (including phenoxy) is 1. The SMILES string of the molecule is Cc1ncccc1-c1ccc(F)c([C@]23CO[C@H](C)[C@@H]2CN=C(N)S3)c1. The van der Waals surface area contributed by atoms with E-state index in [0.717, 1.165) is 16.8 Å². The summed E-state index contributed by atoms with van der Waals surface area (Å²) in [6.07, 6.45) is 1.78. The molecule has 0 bridgehead atoms.